The molecule has 1 aliphatic heterocycles. The highest BCUT2D eigenvalue weighted by atomic mass is 16.4. The third-order valence-corrected chi connectivity index (χ3v) is 6.32. The fourth-order valence-corrected chi connectivity index (χ4v) is 4.33. The summed E-state index contributed by atoms with van der Waals surface area (Å²) in [5, 5.41) is 17.4. The van der Waals surface area contributed by atoms with Crippen LogP contribution in [0.1, 0.15) is 27.9 Å². The molecule has 3 aromatic carbocycles. The summed E-state index contributed by atoms with van der Waals surface area (Å²) < 4.78 is 5.90. The zero-order valence-corrected chi connectivity index (χ0v) is 19.5. The smallest absolute Gasteiger partial charge is 0.253 e. The molecule has 0 aliphatic carbocycles. The van der Waals surface area contributed by atoms with Gasteiger partial charge in [0, 0.05) is 48.6 Å². The lowest BCUT2D eigenvalue weighted by Gasteiger charge is -2.24. The number of aryl methyl sites for hydroxylation is 1. The van der Waals surface area contributed by atoms with Gasteiger partial charge in [0.1, 0.15) is 0 Å². The van der Waals surface area contributed by atoms with Crippen LogP contribution in [0.4, 0.5) is 5.69 Å². The van der Waals surface area contributed by atoms with E-state index in [0.29, 0.717) is 36.0 Å². The molecule has 0 radical (unpaired) electrons. The van der Waals surface area contributed by atoms with Gasteiger partial charge < -0.3 is 14.2 Å². The summed E-state index contributed by atoms with van der Waals surface area (Å²) in [6, 6.07) is 25.0. The molecule has 0 spiro atoms. The van der Waals surface area contributed by atoms with Gasteiger partial charge in [-0.2, -0.15) is 5.26 Å². The molecule has 1 aromatic heterocycles. The molecular weight excluding hydrogens is 438 g/mol. The second kappa shape index (κ2) is 9.82. The van der Waals surface area contributed by atoms with Crippen molar-refractivity contribution in [1.29, 1.82) is 5.26 Å². The molecule has 35 heavy (non-hydrogen) atoms. The van der Waals surface area contributed by atoms with E-state index in [1.807, 2.05) is 84.6 Å². The van der Waals surface area contributed by atoms with Crippen molar-refractivity contribution >= 4 is 11.6 Å². The summed E-state index contributed by atoms with van der Waals surface area (Å²) in [5.41, 5.74) is 5.12. The molecule has 0 saturated carbocycles. The first-order valence-electron chi connectivity index (χ1n) is 11.7. The van der Waals surface area contributed by atoms with Crippen molar-refractivity contribution in [1.82, 2.24) is 15.1 Å². The molecule has 5 rings (SSSR count). The Morgan fingerprint density at radius 1 is 0.886 bits per heavy atom. The number of hydrogen-bond acceptors (Lipinski definition) is 6. The quantitative estimate of drug-likeness (QED) is 0.426. The predicted octanol–water partition coefficient (Wildman–Crippen LogP) is 4.94. The molecule has 174 valence electrons. The Morgan fingerprint density at radius 2 is 1.63 bits per heavy atom. The maximum absolute atomic E-state index is 13.2. The third-order valence-electron chi connectivity index (χ3n) is 6.32. The van der Waals surface area contributed by atoms with Gasteiger partial charge in [0.2, 0.25) is 11.8 Å². The van der Waals surface area contributed by atoms with Gasteiger partial charge in [-0.1, -0.05) is 18.2 Å². The van der Waals surface area contributed by atoms with Gasteiger partial charge in [-0.25, -0.2) is 0 Å². The summed E-state index contributed by atoms with van der Waals surface area (Å²) in [4.78, 5) is 17.3. The van der Waals surface area contributed by atoms with Gasteiger partial charge in [-0.3, -0.25) is 4.79 Å². The molecule has 2 heterocycles. The third kappa shape index (κ3) is 4.78. The fraction of sp³-hybridized carbons (Fsp3) is 0.214. The van der Waals surface area contributed by atoms with Crippen LogP contribution in [0.25, 0.3) is 22.9 Å². The molecule has 0 bridgehead atoms. The molecule has 1 fully saturated rings. The average molecular weight is 464 g/mol. The van der Waals surface area contributed by atoms with Gasteiger partial charge in [0.05, 0.1) is 11.6 Å². The minimum atomic E-state index is 0.0179. The summed E-state index contributed by atoms with van der Waals surface area (Å²) in [6.45, 7) is 4.97. The predicted molar refractivity (Wildman–Crippen MR) is 134 cm³/mol. The largest absolute Gasteiger partial charge is 0.416 e. The number of carbonyl (C=O) groups excluding carboxylic acids is 1. The second-order valence-electron chi connectivity index (χ2n) is 8.60. The normalized spacial score (nSPS) is 13.8. The van der Waals surface area contributed by atoms with Gasteiger partial charge in [0.15, 0.2) is 0 Å². The summed E-state index contributed by atoms with van der Waals surface area (Å²) >= 11 is 0. The minimum Gasteiger partial charge on any atom is -0.416 e. The molecular formula is C28H25N5O2. The van der Waals surface area contributed by atoms with E-state index in [1.54, 1.807) is 0 Å². The van der Waals surface area contributed by atoms with E-state index in [-0.39, 0.29) is 5.91 Å². The number of nitrogens with zero attached hydrogens (tertiary/aromatic N) is 5. The zero-order chi connectivity index (χ0) is 24.2. The Bertz CT molecular complexity index is 1370. The van der Waals surface area contributed by atoms with E-state index in [9.17, 15) is 4.79 Å². The molecule has 1 aliphatic rings. The molecule has 4 aromatic rings. The van der Waals surface area contributed by atoms with Crippen molar-refractivity contribution in [2.45, 2.75) is 13.3 Å². The minimum absolute atomic E-state index is 0.0179. The van der Waals surface area contributed by atoms with Crippen molar-refractivity contribution in [3.05, 3.63) is 89.5 Å². The van der Waals surface area contributed by atoms with Gasteiger partial charge in [-0.05, 0) is 73.5 Å². The van der Waals surface area contributed by atoms with Gasteiger partial charge in [0.25, 0.3) is 5.91 Å². The van der Waals surface area contributed by atoms with E-state index >= 15 is 0 Å². The number of nitriles is 1. The van der Waals surface area contributed by atoms with Crippen molar-refractivity contribution in [2.24, 2.45) is 0 Å². The van der Waals surface area contributed by atoms with Crippen LogP contribution in [-0.2, 0) is 0 Å². The van der Waals surface area contributed by atoms with E-state index in [1.165, 1.54) is 0 Å². The van der Waals surface area contributed by atoms with Crippen LogP contribution < -0.4 is 4.90 Å². The van der Waals surface area contributed by atoms with E-state index in [4.69, 9.17) is 9.68 Å². The lowest BCUT2D eigenvalue weighted by molar-refractivity contribution is 0.0767. The maximum Gasteiger partial charge on any atom is 0.253 e. The molecule has 1 saturated heterocycles. The Balaban J connectivity index is 1.25. The van der Waals surface area contributed by atoms with Crippen molar-refractivity contribution in [3.8, 4) is 29.0 Å². The highest BCUT2D eigenvalue weighted by molar-refractivity contribution is 5.94. The van der Waals surface area contributed by atoms with Crippen molar-refractivity contribution < 1.29 is 9.21 Å². The van der Waals surface area contributed by atoms with Crippen LogP contribution in [0.5, 0.6) is 0 Å². The summed E-state index contributed by atoms with van der Waals surface area (Å²) in [7, 11) is 0. The first-order valence-corrected chi connectivity index (χ1v) is 11.7. The van der Waals surface area contributed by atoms with E-state index in [2.05, 4.69) is 21.2 Å². The number of benzene rings is 3. The lowest BCUT2D eigenvalue weighted by atomic mass is 10.1. The summed E-state index contributed by atoms with van der Waals surface area (Å²) in [5.74, 6) is 0.925. The first-order chi connectivity index (χ1) is 17.1. The number of amides is 1. The topological polar surface area (TPSA) is 86.3 Å². The van der Waals surface area contributed by atoms with E-state index < -0.39 is 0 Å². The highest BCUT2D eigenvalue weighted by Crippen LogP contribution is 2.26. The van der Waals surface area contributed by atoms with E-state index in [0.717, 1.165) is 41.9 Å². The molecule has 7 nitrogen and oxygen atoms in total. The van der Waals surface area contributed by atoms with Crippen LogP contribution in [0.2, 0.25) is 0 Å². The van der Waals surface area contributed by atoms with Crippen LogP contribution in [0.3, 0.4) is 0 Å². The lowest BCUT2D eigenvalue weighted by Crippen LogP contribution is -2.35. The first kappa shape index (κ1) is 22.4. The number of rotatable bonds is 4. The number of carbonyl (C=O) groups is 1. The zero-order valence-electron chi connectivity index (χ0n) is 19.5. The monoisotopic (exact) mass is 463 g/mol. The van der Waals surface area contributed by atoms with Crippen LogP contribution in [-0.4, -0.2) is 47.2 Å². The Morgan fingerprint density at radius 3 is 2.37 bits per heavy atom. The second-order valence-corrected chi connectivity index (χ2v) is 8.60. The Labute approximate surface area is 204 Å². The van der Waals surface area contributed by atoms with Crippen LogP contribution in [0.15, 0.2) is 77.2 Å². The van der Waals surface area contributed by atoms with Crippen molar-refractivity contribution in [2.75, 3.05) is 31.1 Å². The molecule has 1 amide bonds. The fourth-order valence-electron chi connectivity index (χ4n) is 4.33. The highest BCUT2D eigenvalue weighted by Gasteiger charge is 2.21. The average Bonchev–Trinajstić information content (AvgIpc) is 3.26. The molecule has 0 unspecified atom stereocenters. The van der Waals surface area contributed by atoms with Crippen LogP contribution >= 0.6 is 0 Å². The molecule has 0 N–H and O–H groups in total. The molecule has 0 atom stereocenters. The number of anilines is 1. The summed E-state index contributed by atoms with van der Waals surface area (Å²) in [6.07, 6.45) is 0.882. The standard InChI is InChI=1S/C28H25N5O2/c1-20-5-2-3-6-25(20)27-31-30-26(35-27)22-9-11-23(12-10-22)28(34)33-16-4-15-32(17-18-33)24-13-7-21(19-29)8-14-24/h2-3,5-14H,4,15-18H2,1H3. The Kier molecular flexibility index (Phi) is 6.27. The number of aromatic nitrogens is 2. The Hall–Kier alpha value is -4.44. The maximum atomic E-state index is 13.2. The SMILES string of the molecule is Cc1ccccc1-c1nnc(-c2ccc(C(=O)N3CCCN(c4ccc(C#N)cc4)CC3)cc2)o1. The molecule has 7 heteroatoms. The number of hydrogen-bond donors (Lipinski definition) is 0. The van der Waals surface area contributed by atoms with Gasteiger partial charge >= 0.3 is 0 Å². The van der Waals surface area contributed by atoms with Crippen LogP contribution in [0, 0.1) is 18.3 Å². The van der Waals surface area contributed by atoms with Gasteiger partial charge in [-0.15, -0.1) is 10.2 Å². The van der Waals surface area contributed by atoms with Crippen molar-refractivity contribution in [3.63, 3.8) is 0 Å².